The van der Waals surface area contributed by atoms with E-state index in [1.54, 1.807) is 12.1 Å². The number of hydrogen-bond acceptors (Lipinski definition) is 2. The lowest BCUT2D eigenvalue weighted by atomic mass is 10.1. The minimum absolute atomic E-state index is 0.0277. The van der Waals surface area contributed by atoms with Gasteiger partial charge in [0.25, 0.3) is 0 Å². The Morgan fingerprint density at radius 2 is 2.00 bits per heavy atom. The summed E-state index contributed by atoms with van der Waals surface area (Å²) in [7, 11) is 0. The number of hydrogen-bond donors (Lipinski definition) is 0. The number of carbonyl (C=O) groups excluding carboxylic acids is 1. The number of halogens is 1. The van der Waals surface area contributed by atoms with Crippen LogP contribution in [0.5, 0.6) is 0 Å². The first-order chi connectivity index (χ1) is 11.1. The maximum Gasteiger partial charge on any atom is 0.226 e. The number of ether oxygens (including phenoxy) is 1. The summed E-state index contributed by atoms with van der Waals surface area (Å²) in [6.07, 6.45) is 2.89. The fourth-order valence-corrected chi connectivity index (χ4v) is 3.39. The molecule has 3 rings (SSSR count). The van der Waals surface area contributed by atoms with Crippen molar-refractivity contribution < 1.29 is 13.9 Å². The van der Waals surface area contributed by atoms with Gasteiger partial charge in [-0.05, 0) is 42.7 Å². The molecule has 2 fully saturated rings. The molecule has 1 saturated heterocycles. The molecule has 0 spiro atoms. The Morgan fingerprint density at radius 3 is 2.65 bits per heavy atom. The molecule has 2 atom stereocenters. The fourth-order valence-electron chi connectivity index (χ4n) is 3.39. The normalized spacial score (nSPS) is 25.0. The third-order valence-electron chi connectivity index (χ3n) is 4.83. The van der Waals surface area contributed by atoms with Crippen molar-refractivity contribution in [3.63, 3.8) is 0 Å². The second-order valence-electron chi connectivity index (χ2n) is 7.22. The van der Waals surface area contributed by atoms with Crippen LogP contribution in [0.1, 0.15) is 44.6 Å². The van der Waals surface area contributed by atoms with Gasteiger partial charge in [0.2, 0.25) is 5.91 Å². The van der Waals surface area contributed by atoms with Crippen LogP contribution in [0.4, 0.5) is 4.39 Å². The molecular formula is C19H26FNO2. The Morgan fingerprint density at radius 1 is 1.30 bits per heavy atom. The van der Waals surface area contributed by atoms with Crippen molar-refractivity contribution in [3.05, 3.63) is 35.6 Å². The van der Waals surface area contributed by atoms with E-state index in [4.69, 9.17) is 4.74 Å². The summed E-state index contributed by atoms with van der Waals surface area (Å²) >= 11 is 0. The molecule has 2 aliphatic rings. The third-order valence-corrected chi connectivity index (χ3v) is 4.83. The molecular weight excluding hydrogens is 293 g/mol. The molecule has 0 unspecified atom stereocenters. The smallest absolute Gasteiger partial charge is 0.226 e. The minimum Gasteiger partial charge on any atom is -0.378 e. The molecule has 1 heterocycles. The highest BCUT2D eigenvalue weighted by molar-refractivity contribution is 5.83. The summed E-state index contributed by atoms with van der Waals surface area (Å²) in [4.78, 5) is 14.5. The standard InChI is InChI=1S/C19H26FNO2/c1-13(2)12-23-14-7-9-21(10-8-14)19(22)17-11-16(17)15-5-3-4-6-18(15)20/h3-6,13-14,16-17H,7-12H2,1-2H3/t16-,17-/m1/s1. The second kappa shape index (κ2) is 7.00. The van der Waals surface area contributed by atoms with Crippen molar-refractivity contribution in [2.45, 2.75) is 45.1 Å². The zero-order chi connectivity index (χ0) is 16.4. The van der Waals surface area contributed by atoms with Crippen LogP contribution in [-0.2, 0) is 9.53 Å². The highest BCUT2D eigenvalue weighted by atomic mass is 19.1. The molecule has 1 saturated carbocycles. The molecule has 23 heavy (non-hydrogen) atoms. The summed E-state index contributed by atoms with van der Waals surface area (Å²) in [5.74, 6) is 0.593. The maximum absolute atomic E-state index is 13.8. The first-order valence-electron chi connectivity index (χ1n) is 8.71. The Bertz CT molecular complexity index is 552. The van der Waals surface area contributed by atoms with Gasteiger partial charge < -0.3 is 9.64 Å². The van der Waals surface area contributed by atoms with Crippen molar-refractivity contribution in [2.24, 2.45) is 11.8 Å². The van der Waals surface area contributed by atoms with Gasteiger partial charge in [-0.3, -0.25) is 4.79 Å². The molecule has 0 radical (unpaired) electrons. The van der Waals surface area contributed by atoms with E-state index in [-0.39, 0.29) is 29.7 Å². The summed E-state index contributed by atoms with van der Waals surface area (Å²) in [6, 6.07) is 6.82. The van der Waals surface area contributed by atoms with Crippen LogP contribution in [0.15, 0.2) is 24.3 Å². The summed E-state index contributed by atoms with van der Waals surface area (Å²) in [6.45, 7) is 6.62. The van der Waals surface area contributed by atoms with Gasteiger partial charge in [-0.2, -0.15) is 0 Å². The zero-order valence-electron chi connectivity index (χ0n) is 14.0. The number of benzene rings is 1. The molecule has 0 bridgehead atoms. The Kier molecular flexibility index (Phi) is 5.00. The van der Waals surface area contributed by atoms with Gasteiger partial charge >= 0.3 is 0 Å². The van der Waals surface area contributed by atoms with Gasteiger partial charge in [0.05, 0.1) is 6.10 Å². The highest BCUT2D eigenvalue weighted by Gasteiger charge is 2.47. The van der Waals surface area contributed by atoms with Crippen LogP contribution in [-0.4, -0.2) is 36.6 Å². The van der Waals surface area contributed by atoms with Gasteiger partial charge in [0, 0.05) is 25.6 Å². The largest absolute Gasteiger partial charge is 0.378 e. The van der Waals surface area contributed by atoms with Gasteiger partial charge in [-0.1, -0.05) is 32.0 Å². The third kappa shape index (κ3) is 3.92. The van der Waals surface area contributed by atoms with Crippen LogP contribution in [0, 0.1) is 17.7 Å². The highest BCUT2D eigenvalue weighted by Crippen LogP contribution is 2.49. The lowest BCUT2D eigenvalue weighted by Gasteiger charge is -2.32. The van der Waals surface area contributed by atoms with Crippen molar-refractivity contribution in [1.82, 2.24) is 4.90 Å². The van der Waals surface area contributed by atoms with E-state index in [0.717, 1.165) is 39.0 Å². The van der Waals surface area contributed by atoms with Crippen molar-refractivity contribution in [2.75, 3.05) is 19.7 Å². The lowest BCUT2D eigenvalue weighted by molar-refractivity contribution is -0.135. The number of nitrogens with zero attached hydrogens (tertiary/aromatic N) is 1. The van der Waals surface area contributed by atoms with Gasteiger partial charge in [-0.25, -0.2) is 4.39 Å². The summed E-state index contributed by atoms with van der Waals surface area (Å²) < 4.78 is 19.7. The van der Waals surface area contributed by atoms with Crippen molar-refractivity contribution >= 4 is 5.91 Å². The first-order valence-corrected chi connectivity index (χ1v) is 8.71. The predicted molar refractivity (Wildman–Crippen MR) is 87.6 cm³/mol. The average Bonchev–Trinajstić information content (AvgIpc) is 3.33. The van der Waals surface area contributed by atoms with Crippen LogP contribution in [0.25, 0.3) is 0 Å². The van der Waals surface area contributed by atoms with E-state index < -0.39 is 0 Å². The van der Waals surface area contributed by atoms with Crippen LogP contribution >= 0.6 is 0 Å². The molecule has 0 N–H and O–H groups in total. The number of amides is 1. The molecule has 1 aromatic carbocycles. The molecule has 3 nitrogen and oxygen atoms in total. The zero-order valence-corrected chi connectivity index (χ0v) is 14.0. The molecule has 1 aliphatic carbocycles. The topological polar surface area (TPSA) is 29.5 Å². The summed E-state index contributed by atoms with van der Waals surface area (Å²) in [5, 5.41) is 0. The van der Waals surface area contributed by atoms with Gasteiger partial charge in [0.15, 0.2) is 0 Å². The van der Waals surface area contributed by atoms with Gasteiger partial charge in [-0.15, -0.1) is 0 Å². The van der Waals surface area contributed by atoms with Crippen LogP contribution in [0.2, 0.25) is 0 Å². The van der Waals surface area contributed by atoms with Crippen molar-refractivity contribution in [1.29, 1.82) is 0 Å². The van der Waals surface area contributed by atoms with Gasteiger partial charge in [0.1, 0.15) is 5.82 Å². The van der Waals surface area contributed by atoms with E-state index in [2.05, 4.69) is 13.8 Å². The lowest BCUT2D eigenvalue weighted by Crippen LogP contribution is -2.42. The minimum atomic E-state index is -0.186. The van der Waals surface area contributed by atoms with Crippen molar-refractivity contribution in [3.8, 4) is 0 Å². The second-order valence-corrected chi connectivity index (χ2v) is 7.22. The Balaban J connectivity index is 1.49. The Hall–Kier alpha value is -1.42. The van der Waals surface area contributed by atoms with E-state index in [0.29, 0.717) is 11.5 Å². The quantitative estimate of drug-likeness (QED) is 0.830. The monoisotopic (exact) mass is 319 g/mol. The van der Waals surface area contributed by atoms with E-state index in [9.17, 15) is 9.18 Å². The fraction of sp³-hybridized carbons (Fsp3) is 0.632. The SMILES string of the molecule is CC(C)COC1CCN(C(=O)[C@@H]2C[C@@H]2c2ccccc2F)CC1. The number of likely N-dealkylation sites (tertiary alicyclic amines) is 1. The first kappa shape index (κ1) is 16.4. The van der Waals surface area contributed by atoms with Crippen LogP contribution < -0.4 is 0 Å². The van der Waals surface area contributed by atoms with E-state index in [1.165, 1.54) is 6.07 Å². The molecule has 1 aromatic rings. The molecule has 126 valence electrons. The average molecular weight is 319 g/mol. The number of piperidine rings is 1. The van der Waals surface area contributed by atoms with E-state index in [1.807, 2.05) is 11.0 Å². The maximum atomic E-state index is 13.8. The molecule has 4 heteroatoms. The van der Waals surface area contributed by atoms with Crippen LogP contribution in [0.3, 0.4) is 0 Å². The van der Waals surface area contributed by atoms with E-state index >= 15 is 0 Å². The summed E-state index contributed by atoms with van der Waals surface area (Å²) in [5.41, 5.74) is 0.695. The Labute approximate surface area is 137 Å². The number of carbonyl (C=O) groups is 1. The molecule has 0 aromatic heterocycles. The predicted octanol–water partition coefficient (Wildman–Crippen LogP) is 3.59. The molecule has 1 amide bonds. The number of rotatable bonds is 5. The molecule has 1 aliphatic heterocycles.